The summed E-state index contributed by atoms with van der Waals surface area (Å²) in [7, 11) is -0.386. The summed E-state index contributed by atoms with van der Waals surface area (Å²) in [6.45, 7) is 5.26. The fourth-order valence-corrected chi connectivity index (χ4v) is 4.56. The lowest BCUT2D eigenvalue weighted by Crippen LogP contribution is -2.36. The summed E-state index contributed by atoms with van der Waals surface area (Å²) < 4.78 is 62.6. The number of fused-ring (bicyclic) bond motifs is 1. The molecular weight excluding hydrogens is 525 g/mol. The molecule has 2 aromatic heterocycles. The van der Waals surface area contributed by atoms with Gasteiger partial charge < -0.3 is 14.4 Å². The van der Waals surface area contributed by atoms with Crippen LogP contribution >= 0.6 is 0 Å². The Labute approximate surface area is 220 Å². The highest BCUT2D eigenvalue weighted by Crippen LogP contribution is 2.26. The van der Waals surface area contributed by atoms with E-state index < -0.39 is 41.0 Å². The highest BCUT2D eigenvalue weighted by molar-refractivity contribution is 7.84. The van der Waals surface area contributed by atoms with E-state index in [-0.39, 0.29) is 35.5 Å². The molecule has 0 N–H and O–H groups in total. The summed E-state index contributed by atoms with van der Waals surface area (Å²) in [5.41, 5.74) is 0.720. The molecule has 0 fully saturated rings. The van der Waals surface area contributed by atoms with Gasteiger partial charge in [0.25, 0.3) is 0 Å². The second-order valence-corrected chi connectivity index (χ2v) is 10.9. The van der Waals surface area contributed by atoms with Gasteiger partial charge in [-0.25, -0.2) is 14.3 Å². The van der Waals surface area contributed by atoms with Crippen LogP contribution in [0.5, 0.6) is 5.75 Å². The zero-order chi connectivity index (χ0) is 28.3. The topological polar surface area (TPSA) is 104 Å². The number of alkyl halides is 3. The van der Waals surface area contributed by atoms with Crippen LogP contribution in [0.3, 0.4) is 0 Å². The SMILES string of the molecule is Cc1c(OCC(F)(F)F)ccnc1C[S@@](=O)c1nc2ccccc2n1C(=O)N(C)CCOC(=O)C(C)(C)C. The zero-order valence-corrected chi connectivity index (χ0v) is 22.5. The molecular formula is C25H29F3N4O5S. The first-order chi connectivity index (χ1) is 17.7. The molecule has 0 aliphatic heterocycles. The van der Waals surface area contributed by atoms with Gasteiger partial charge in [-0.2, -0.15) is 13.2 Å². The van der Waals surface area contributed by atoms with Gasteiger partial charge in [0.2, 0.25) is 5.16 Å². The number of carbonyl (C=O) groups excluding carboxylic acids is 2. The third-order valence-electron chi connectivity index (χ3n) is 5.44. The van der Waals surface area contributed by atoms with Gasteiger partial charge in [-0.05, 0) is 45.9 Å². The van der Waals surface area contributed by atoms with Crippen molar-refractivity contribution in [2.75, 3.05) is 26.8 Å². The third kappa shape index (κ3) is 7.09. The number of benzene rings is 1. The van der Waals surface area contributed by atoms with Crippen molar-refractivity contribution in [1.82, 2.24) is 19.4 Å². The van der Waals surface area contributed by atoms with Crippen LogP contribution in [0.1, 0.15) is 32.0 Å². The summed E-state index contributed by atoms with van der Waals surface area (Å²) in [5, 5.41) is -0.0439. The van der Waals surface area contributed by atoms with E-state index in [1.54, 1.807) is 45.0 Å². The van der Waals surface area contributed by atoms with Gasteiger partial charge in [-0.15, -0.1) is 0 Å². The van der Waals surface area contributed by atoms with Crippen LogP contribution in [0, 0.1) is 12.3 Å². The number of imidazole rings is 1. The Morgan fingerprint density at radius 3 is 2.47 bits per heavy atom. The molecule has 3 rings (SSSR count). The van der Waals surface area contributed by atoms with Crippen LogP contribution in [0.4, 0.5) is 18.0 Å². The largest absolute Gasteiger partial charge is 0.484 e. The number of esters is 1. The summed E-state index contributed by atoms with van der Waals surface area (Å²) >= 11 is 0. The monoisotopic (exact) mass is 554 g/mol. The fourth-order valence-electron chi connectivity index (χ4n) is 3.31. The smallest absolute Gasteiger partial charge is 0.422 e. The first-order valence-corrected chi connectivity index (χ1v) is 12.9. The van der Waals surface area contributed by atoms with Gasteiger partial charge in [-0.3, -0.25) is 14.0 Å². The van der Waals surface area contributed by atoms with E-state index in [1.165, 1.54) is 35.7 Å². The summed E-state index contributed by atoms with van der Waals surface area (Å²) in [6, 6.07) is 7.51. The van der Waals surface area contributed by atoms with Crippen LogP contribution < -0.4 is 4.74 Å². The second-order valence-electron chi connectivity index (χ2n) is 9.58. The number of hydrogen-bond donors (Lipinski definition) is 0. The van der Waals surface area contributed by atoms with E-state index in [1.807, 2.05) is 0 Å². The van der Waals surface area contributed by atoms with Crippen LogP contribution in [-0.4, -0.2) is 68.6 Å². The van der Waals surface area contributed by atoms with Gasteiger partial charge in [0.1, 0.15) is 12.4 Å². The number of amides is 1. The van der Waals surface area contributed by atoms with Crippen molar-refractivity contribution in [3.8, 4) is 5.75 Å². The molecule has 0 radical (unpaired) electrons. The number of halogens is 3. The highest BCUT2D eigenvalue weighted by atomic mass is 32.2. The molecule has 0 saturated heterocycles. The van der Waals surface area contributed by atoms with Crippen LogP contribution in [0.2, 0.25) is 0 Å². The Balaban J connectivity index is 1.85. The van der Waals surface area contributed by atoms with Gasteiger partial charge in [0.05, 0.1) is 45.2 Å². The van der Waals surface area contributed by atoms with Crippen molar-refractivity contribution < 1.29 is 36.4 Å². The van der Waals surface area contributed by atoms with Crippen molar-refractivity contribution in [1.29, 1.82) is 0 Å². The molecule has 206 valence electrons. The van der Waals surface area contributed by atoms with E-state index in [0.717, 1.165) is 0 Å². The number of pyridine rings is 1. The molecule has 2 heterocycles. The van der Waals surface area contributed by atoms with Crippen molar-refractivity contribution >= 4 is 33.8 Å². The molecule has 1 atom stereocenters. The van der Waals surface area contributed by atoms with Crippen molar-refractivity contribution in [3.63, 3.8) is 0 Å². The van der Waals surface area contributed by atoms with E-state index >= 15 is 0 Å². The molecule has 9 nitrogen and oxygen atoms in total. The number of para-hydroxylation sites is 2. The molecule has 13 heteroatoms. The average Bonchev–Trinajstić information content (AvgIpc) is 3.22. The normalized spacial score (nSPS) is 12.8. The Hall–Kier alpha value is -3.48. The second kappa shape index (κ2) is 11.5. The van der Waals surface area contributed by atoms with E-state index in [9.17, 15) is 27.0 Å². The highest BCUT2D eigenvalue weighted by Gasteiger charge is 2.29. The molecule has 38 heavy (non-hydrogen) atoms. The van der Waals surface area contributed by atoms with E-state index in [0.29, 0.717) is 16.6 Å². The molecule has 0 spiro atoms. The van der Waals surface area contributed by atoms with Gasteiger partial charge in [0.15, 0.2) is 6.61 Å². The maximum Gasteiger partial charge on any atom is 0.422 e. The quantitative estimate of drug-likeness (QED) is 0.378. The standard InChI is InChI=1S/C25H29F3N4O5S/c1-16-18(29-11-10-20(16)37-15-25(26,27)28)14-38(35)22-30-17-8-6-7-9-19(17)32(22)23(34)31(5)12-13-36-21(33)24(2,3)4/h6-11H,12-15H2,1-5H3/t38-/m1/s1. The Kier molecular flexibility index (Phi) is 8.80. The number of carbonyl (C=O) groups is 2. The number of likely N-dealkylation sites (N-methyl/N-ethyl adjacent to an activating group) is 1. The maximum atomic E-state index is 13.5. The Morgan fingerprint density at radius 2 is 1.82 bits per heavy atom. The molecule has 3 aromatic rings. The van der Waals surface area contributed by atoms with Gasteiger partial charge in [0, 0.05) is 18.8 Å². The summed E-state index contributed by atoms with van der Waals surface area (Å²) in [5.74, 6) is -0.644. The first kappa shape index (κ1) is 29.1. The minimum Gasteiger partial charge on any atom is -0.484 e. The fraction of sp³-hybridized carbons (Fsp3) is 0.440. The summed E-state index contributed by atoms with van der Waals surface area (Å²) in [4.78, 5) is 35.3. The molecule has 0 aliphatic rings. The molecule has 1 aromatic carbocycles. The summed E-state index contributed by atoms with van der Waals surface area (Å²) in [6.07, 6.45) is -3.24. The Morgan fingerprint density at radius 1 is 1.13 bits per heavy atom. The van der Waals surface area contributed by atoms with Crippen LogP contribution in [0.25, 0.3) is 11.0 Å². The lowest BCUT2D eigenvalue weighted by atomic mass is 9.97. The number of ether oxygens (including phenoxy) is 2. The molecule has 0 aliphatic carbocycles. The van der Waals surface area contributed by atoms with Crippen LogP contribution in [-0.2, 0) is 26.1 Å². The van der Waals surface area contributed by atoms with Crippen molar-refractivity contribution in [2.45, 2.75) is 44.8 Å². The van der Waals surface area contributed by atoms with Gasteiger partial charge in [-0.1, -0.05) is 12.1 Å². The van der Waals surface area contributed by atoms with Crippen molar-refractivity contribution in [2.24, 2.45) is 5.41 Å². The first-order valence-electron chi connectivity index (χ1n) is 11.6. The average molecular weight is 555 g/mol. The van der Waals surface area contributed by atoms with Crippen molar-refractivity contribution in [3.05, 3.63) is 47.8 Å². The van der Waals surface area contributed by atoms with Gasteiger partial charge >= 0.3 is 18.2 Å². The molecule has 1 amide bonds. The number of nitrogens with zero attached hydrogens (tertiary/aromatic N) is 4. The third-order valence-corrected chi connectivity index (χ3v) is 6.66. The minimum atomic E-state index is -4.51. The Bertz CT molecular complexity index is 1350. The molecule has 0 unspecified atom stereocenters. The predicted octanol–water partition coefficient (Wildman–Crippen LogP) is 4.48. The number of hydrogen-bond acceptors (Lipinski definition) is 7. The predicted molar refractivity (Wildman–Crippen MR) is 134 cm³/mol. The lowest BCUT2D eigenvalue weighted by Gasteiger charge is -2.21. The minimum absolute atomic E-state index is 0.0292. The molecule has 0 bridgehead atoms. The number of aromatic nitrogens is 3. The maximum absolute atomic E-state index is 13.5. The van der Waals surface area contributed by atoms with Crippen LogP contribution in [0.15, 0.2) is 41.7 Å². The zero-order valence-electron chi connectivity index (χ0n) is 21.7. The molecule has 0 saturated carbocycles. The lowest BCUT2D eigenvalue weighted by molar-refractivity contribution is -0.154. The van der Waals surface area contributed by atoms with E-state index in [2.05, 4.69) is 9.97 Å². The number of rotatable bonds is 8. The van der Waals surface area contributed by atoms with E-state index in [4.69, 9.17) is 9.47 Å².